The Morgan fingerprint density at radius 3 is 2.74 bits per heavy atom. The number of aromatic nitrogens is 2. The first kappa shape index (κ1) is 15.2. The van der Waals surface area contributed by atoms with Gasteiger partial charge in [-0.2, -0.15) is 0 Å². The van der Waals surface area contributed by atoms with Crippen molar-refractivity contribution in [1.82, 2.24) is 9.97 Å². The van der Waals surface area contributed by atoms with E-state index in [1.54, 1.807) is 6.08 Å². The van der Waals surface area contributed by atoms with Gasteiger partial charge in [0.05, 0.1) is 17.6 Å². The molecule has 0 bridgehead atoms. The van der Waals surface area contributed by atoms with E-state index in [2.05, 4.69) is 36.8 Å². The summed E-state index contributed by atoms with van der Waals surface area (Å²) in [5.74, 6) is 0.877. The maximum Gasteiger partial charge on any atom is 0.147 e. The Hall–Kier alpha value is -1.90. The zero-order chi connectivity index (χ0) is 14.1. The first-order chi connectivity index (χ1) is 9.26. The fourth-order valence-electron chi connectivity index (χ4n) is 1.84. The van der Waals surface area contributed by atoms with Crippen LogP contribution in [0.2, 0.25) is 0 Å². The first-order valence-electron chi connectivity index (χ1n) is 6.79. The molecule has 1 aromatic rings. The summed E-state index contributed by atoms with van der Waals surface area (Å²) in [6, 6.07) is 0. The van der Waals surface area contributed by atoms with E-state index in [0.29, 0.717) is 0 Å². The minimum atomic E-state index is 0.877. The van der Waals surface area contributed by atoms with Gasteiger partial charge < -0.3 is 5.32 Å². The summed E-state index contributed by atoms with van der Waals surface area (Å²) in [4.78, 5) is 9.18. The molecule has 0 aliphatic carbocycles. The Bertz CT molecular complexity index is 473. The molecule has 19 heavy (non-hydrogen) atoms. The molecule has 0 radical (unpaired) electrons. The quantitative estimate of drug-likeness (QED) is 0.750. The minimum Gasteiger partial charge on any atom is -0.372 e. The average Bonchev–Trinajstić information content (AvgIpc) is 2.44. The molecule has 0 saturated carbocycles. The third-order valence-corrected chi connectivity index (χ3v) is 2.82. The second-order valence-corrected chi connectivity index (χ2v) is 4.22. The predicted molar refractivity (Wildman–Crippen MR) is 83.2 cm³/mol. The van der Waals surface area contributed by atoms with Crippen molar-refractivity contribution in [2.24, 2.45) is 0 Å². The zero-order valence-corrected chi connectivity index (χ0v) is 12.1. The van der Waals surface area contributed by atoms with Crippen LogP contribution in [-0.4, -0.2) is 17.0 Å². The van der Waals surface area contributed by atoms with Gasteiger partial charge >= 0.3 is 0 Å². The van der Waals surface area contributed by atoms with Gasteiger partial charge in [0.25, 0.3) is 0 Å². The van der Waals surface area contributed by atoms with E-state index in [9.17, 15) is 0 Å². The second-order valence-electron chi connectivity index (χ2n) is 4.22. The Labute approximate surface area is 116 Å². The molecular weight excluding hydrogens is 234 g/mol. The summed E-state index contributed by atoms with van der Waals surface area (Å²) in [6.45, 7) is 7.94. The lowest BCUT2D eigenvalue weighted by Gasteiger charge is -2.10. The van der Waals surface area contributed by atoms with Crippen molar-refractivity contribution < 1.29 is 0 Å². The smallest absolute Gasteiger partial charge is 0.147 e. The van der Waals surface area contributed by atoms with Gasteiger partial charge in [0.2, 0.25) is 0 Å². The standard InChI is InChI=1S/C16H23N3/c1-5-8-9-11-13(7-3)15-12-18-16(17-4)14(19-15)10-6-2/h5,8-9,11-12H,1,6-7,10H2,2-4H3,(H,17,18)/b9-8-,13-11+. The summed E-state index contributed by atoms with van der Waals surface area (Å²) < 4.78 is 0. The van der Waals surface area contributed by atoms with Gasteiger partial charge in [-0.3, -0.25) is 0 Å². The fourth-order valence-corrected chi connectivity index (χ4v) is 1.84. The highest BCUT2D eigenvalue weighted by atomic mass is 15.0. The normalized spacial score (nSPS) is 11.8. The lowest BCUT2D eigenvalue weighted by Crippen LogP contribution is -2.04. The van der Waals surface area contributed by atoms with E-state index < -0.39 is 0 Å². The molecule has 0 aliphatic rings. The van der Waals surface area contributed by atoms with Crippen LogP contribution in [0.4, 0.5) is 5.82 Å². The van der Waals surface area contributed by atoms with Gasteiger partial charge in [-0.1, -0.05) is 51.2 Å². The highest BCUT2D eigenvalue weighted by molar-refractivity contribution is 5.64. The van der Waals surface area contributed by atoms with Crippen LogP contribution in [0.5, 0.6) is 0 Å². The molecule has 0 fully saturated rings. The molecule has 1 N–H and O–H groups in total. The van der Waals surface area contributed by atoms with Crippen LogP contribution in [0, 0.1) is 0 Å². The van der Waals surface area contributed by atoms with Gasteiger partial charge in [0.15, 0.2) is 0 Å². The molecule has 0 amide bonds. The number of nitrogens with zero attached hydrogens (tertiary/aromatic N) is 2. The van der Waals surface area contributed by atoms with Gasteiger partial charge in [-0.25, -0.2) is 9.97 Å². The molecule has 0 atom stereocenters. The Morgan fingerprint density at radius 2 is 2.16 bits per heavy atom. The van der Waals surface area contributed by atoms with E-state index in [1.807, 2.05) is 25.4 Å². The minimum absolute atomic E-state index is 0.877. The van der Waals surface area contributed by atoms with Gasteiger partial charge in [-0.05, 0) is 18.4 Å². The summed E-state index contributed by atoms with van der Waals surface area (Å²) in [7, 11) is 1.88. The maximum atomic E-state index is 4.73. The van der Waals surface area contributed by atoms with Gasteiger partial charge in [0, 0.05) is 7.05 Å². The molecule has 1 aromatic heterocycles. The molecule has 0 aliphatic heterocycles. The van der Waals surface area contributed by atoms with E-state index in [1.165, 1.54) is 5.57 Å². The molecule has 1 heterocycles. The van der Waals surface area contributed by atoms with E-state index in [-0.39, 0.29) is 0 Å². The molecule has 3 nitrogen and oxygen atoms in total. The third kappa shape index (κ3) is 4.36. The number of anilines is 1. The molecule has 0 aromatic carbocycles. The first-order valence-corrected chi connectivity index (χ1v) is 6.79. The summed E-state index contributed by atoms with van der Waals surface area (Å²) in [5.41, 5.74) is 3.18. The van der Waals surface area contributed by atoms with Crippen molar-refractivity contribution in [2.45, 2.75) is 33.1 Å². The van der Waals surface area contributed by atoms with Crippen molar-refractivity contribution in [3.63, 3.8) is 0 Å². The van der Waals surface area contributed by atoms with Crippen LogP contribution in [0.25, 0.3) is 5.57 Å². The van der Waals surface area contributed by atoms with Crippen molar-refractivity contribution in [3.8, 4) is 0 Å². The van der Waals surface area contributed by atoms with E-state index in [0.717, 1.165) is 36.5 Å². The number of hydrogen-bond acceptors (Lipinski definition) is 3. The molecule has 1 rings (SSSR count). The topological polar surface area (TPSA) is 37.8 Å². The summed E-state index contributed by atoms with van der Waals surface area (Å²) >= 11 is 0. The lowest BCUT2D eigenvalue weighted by atomic mass is 10.1. The van der Waals surface area contributed by atoms with Crippen molar-refractivity contribution in [3.05, 3.63) is 48.5 Å². The zero-order valence-electron chi connectivity index (χ0n) is 12.1. The van der Waals surface area contributed by atoms with Crippen LogP contribution in [0.3, 0.4) is 0 Å². The SMILES string of the molecule is C=C/C=C\C=C(/CC)c1cnc(NC)c(CCC)n1. The Balaban J connectivity index is 3.11. The fraction of sp³-hybridized carbons (Fsp3) is 0.375. The van der Waals surface area contributed by atoms with Crippen LogP contribution >= 0.6 is 0 Å². The summed E-state index contributed by atoms with van der Waals surface area (Å²) in [5, 5.41) is 3.10. The number of rotatable bonds is 7. The lowest BCUT2D eigenvalue weighted by molar-refractivity contribution is 0.867. The van der Waals surface area contributed by atoms with Crippen LogP contribution < -0.4 is 5.32 Å². The van der Waals surface area contributed by atoms with Gasteiger partial charge in [0.1, 0.15) is 5.82 Å². The number of allylic oxidation sites excluding steroid dienone is 5. The van der Waals surface area contributed by atoms with Crippen LogP contribution in [-0.2, 0) is 6.42 Å². The van der Waals surface area contributed by atoms with Crippen LogP contribution in [0.1, 0.15) is 38.1 Å². The van der Waals surface area contributed by atoms with E-state index >= 15 is 0 Å². The predicted octanol–water partition coefficient (Wildman–Crippen LogP) is 4.01. The van der Waals surface area contributed by atoms with Crippen molar-refractivity contribution in [1.29, 1.82) is 0 Å². The van der Waals surface area contributed by atoms with Crippen molar-refractivity contribution >= 4 is 11.4 Å². The molecule has 3 heteroatoms. The van der Waals surface area contributed by atoms with Gasteiger partial charge in [-0.15, -0.1) is 0 Å². The molecule has 0 spiro atoms. The monoisotopic (exact) mass is 257 g/mol. The highest BCUT2D eigenvalue weighted by Gasteiger charge is 2.07. The molecule has 0 unspecified atom stereocenters. The molecular formula is C16H23N3. The Kier molecular flexibility index (Phi) is 6.58. The third-order valence-electron chi connectivity index (χ3n) is 2.82. The second kappa shape index (κ2) is 8.25. The molecule has 102 valence electrons. The van der Waals surface area contributed by atoms with Crippen molar-refractivity contribution in [2.75, 3.05) is 12.4 Å². The maximum absolute atomic E-state index is 4.73. The Morgan fingerprint density at radius 1 is 1.37 bits per heavy atom. The summed E-state index contributed by atoms with van der Waals surface area (Å²) in [6.07, 6.45) is 12.5. The highest BCUT2D eigenvalue weighted by Crippen LogP contribution is 2.19. The number of hydrogen-bond donors (Lipinski definition) is 1. The number of aryl methyl sites for hydroxylation is 1. The average molecular weight is 257 g/mol. The van der Waals surface area contributed by atoms with Crippen LogP contribution in [0.15, 0.2) is 37.1 Å². The largest absolute Gasteiger partial charge is 0.372 e. The number of nitrogens with one attached hydrogen (secondary N) is 1. The molecule has 0 saturated heterocycles. The van der Waals surface area contributed by atoms with E-state index in [4.69, 9.17) is 4.98 Å².